The molecule has 0 aromatic carbocycles. The first kappa shape index (κ1) is 15.8. The lowest BCUT2D eigenvalue weighted by Crippen LogP contribution is -2.38. The van der Waals surface area contributed by atoms with E-state index in [-0.39, 0.29) is 11.9 Å². The number of aryl methyl sites for hydroxylation is 3. The van der Waals surface area contributed by atoms with Gasteiger partial charge < -0.3 is 4.90 Å². The lowest BCUT2D eigenvalue weighted by molar-refractivity contribution is -0.135. The third-order valence-electron chi connectivity index (χ3n) is 4.57. The minimum atomic E-state index is 0.160. The molecule has 0 unspecified atom stereocenters. The van der Waals surface area contributed by atoms with Gasteiger partial charge in [-0.2, -0.15) is 10.2 Å². The van der Waals surface area contributed by atoms with Gasteiger partial charge >= 0.3 is 0 Å². The average molecular weight is 315 g/mol. The van der Waals surface area contributed by atoms with Crippen molar-refractivity contribution >= 4 is 5.91 Å². The fraction of sp³-hybridized carbons (Fsp3) is 0.588. The summed E-state index contributed by atoms with van der Waals surface area (Å²) in [5.41, 5.74) is 3.24. The molecule has 23 heavy (non-hydrogen) atoms. The summed E-state index contributed by atoms with van der Waals surface area (Å²) in [5, 5.41) is 11.5. The molecule has 0 radical (unpaired) electrons. The number of carbonyl (C=O) groups excluding carboxylic acids is 1. The van der Waals surface area contributed by atoms with Crippen molar-refractivity contribution in [3.63, 3.8) is 0 Å². The maximum Gasteiger partial charge on any atom is 0.223 e. The zero-order valence-electron chi connectivity index (χ0n) is 14.0. The predicted octanol–water partition coefficient (Wildman–Crippen LogP) is 2.76. The van der Waals surface area contributed by atoms with E-state index in [1.165, 1.54) is 6.42 Å². The van der Waals surface area contributed by atoms with Crippen LogP contribution in [0.5, 0.6) is 0 Å². The molecule has 0 aliphatic carbocycles. The van der Waals surface area contributed by atoms with Crippen LogP contribution in [0.25, 0.3) is 0 Å². The summed E-state index contributed by atoms with van der Waals surface area (Å²) in [4.78, 5) is 14.7. The first-order chi connectivity index (χ1) is 11.1. The molecule has 0 saturated carbocycles. The van der Waals surface area contributed by atoms with E-state index < -0.39 is 0 Å². The summed E-state index contributed by atoms with van der Waals surface area (Å²) in [6, 6.07) is 4.21. The van der Waals surface area contributed by atoms with Crippen LogP contribution in [0.1, 0.15) is 55.2 Å². The van der Waals surface area contributed by atoms with Crippen molar-refractivity contribution in [1.29, 1.82) is 0 Å². The molecule has 1 saturated heterocycles. The molecule has 1 N–H and O–H groups in total. The van der Waals surface area contributed by atoms with Gasteiger partial charge in [0.15, 0.2) is 0 Å². The second kappa shape index (κ2) is 6.98. The summed E-state index contributed by atoms with van der Waals surface area (Å²) >= 11 is 0. The lowest BCUT2D eigenvalue weighted by atomic mass is 9.99. The average Bonchev–Trinajstić information content (AvgIpc) is 3.17. The van der Waals surface area contributed by atoms with Crippen molar-refractivity contribution in [1.82, 2.24) is 24.9 Å². The van der Waals surface area contributed by atoms with Crippen LogP contribution < -0.4 is 0 Å². The van der Waals surface area contributed by atoms with Crippen molar-refractivity contribution in [3.05, 3.63) is 35.4 Å². The number of nitrogens with zero attached hydrogens (tertiary/aromatic N) is 4. The highest BCUT2D eigenvalue weighted by molar-refractivity contribution is 5.76. The Bertz CT molecular complexity index is 646. The number of nitrogens with one attached hydrogen (secondary N) is 1. The Balaban J connectivity index is 1.57. The van der Waals surface area contributed by atoms with E-state index in [0.717, 1.165) is 49.4 Å². The van der Waals surface area contributed by atoms with Gasteiger partial charge in [0.2, 0.25) is 5.91 Å². The molecule has 1 atom stereocenters. The minimum Gasteiger partial charge on any atom is -0.334 e. The third-order valence-corrected chi connectivity index (χ3v) is 4.57. The van der Waals surface area contributed by atoms with Gasteiger partial charge in [0.1, 0.15) is 0 Å². The fourth-order valence-corrected chi connectivity index (χ4v) is 3.43. The van der Waals surface area contributed by atoms with Gasteiger partial charge in [-0.3, -0.25) is 14.6 Å². The molecular weight excluding hydrogens is 290 g/mol. The Hall–Kier alpha value is -2.11. The maximum atomic E-state index is 12.6. The van der Waals surface area contributed by atoms with Crippen LogP contribution in [-0.4, -0.2) is 37.3 Å². The van der Waals surface area contributed by atoms with Gasteiger partial charge in [-0.1, -0.05) is 0 Å². The highest BCUT2D eigenvalue weighted by Crippen LogP contribution is 2.30. The molecule has 1 fully saturated rings. The largest absolute Gasteiger partial charge is 0.334 e. The molecule has 2 aromatic rings. The molecule has 6 nitrogen and oxygen atoms in total. The summed E-state index contributed by atoms with van der Waals surface area (Å²) in [6.45, 7) is 5.70. The van der Waals surface area contributed by atoms with Gasteiger partial charge in [-0.25, -0.2) is 0 Å². The Morgan fingerprint density at radius 1 is 1.39 bits per heavy atom. The monoisotopic (exact) mass is 315 g/mol. The fourth-order valence-electron chi connectivity index (χ4n) is 3.43. The van der Waals surface area contributed by atoms with Crippen molar-refractivity contribution in [3.8, 4) is 0 Å². The molecule has 1 aliphatic heterocycles. The van der Waals surface area contributed by atoms with E-state index in [4.69, 9.17) is 0 Å². The highest BCUT2D eigenvalue weighted by Gasteiger charge is 2.28. The topological polar surface area (TPSA) is 66.8 Å². The first-order valence-corrected chi connectivity index (χ1v) is 8.45. The highest BCUT2D eigenvalue weighted by atomic mass is 16.2. The maximum absolute atomic E-state index is 12.6. The zero-order valence-corrected chi connectivity index (χ0v) is 14.0. The number of H-pyrrole nitrogens is 1. The molecule has 3 heterocycles. The summed E-state index contributed by atoms with van der Waals surface area (Å²) < 4.78 is 1.99. The van der Waals surface area contributed by atoms with E-state index in [0.29, 0.717) is 6.42 Å². The van der Waals surface area contributed by atoms with Crippen LogP contribution >= 0.6 is 0 Å². The number of hydrogen-bond donors (Lipinski definition) is 1. The Morgan fingerprint density at radius 2 is 2.26 bits per heavy atom. The van der Waals surface area contributed by atoms with Crippen LogP contribution in [-0.2, 0) is 11.3 Å². The molecule has 3 rings (SSSR count). The van der Waals surface area contributed by atoms with Crippen LogP contribution in [0.15, 0.2) is 18.3 Å². The Kier molecular flexibility index (Phi) is 4.79. The number of aromatic nitrogens is 4. The quantitative estimate of drug-likeness (QED) is 0.922. The van der Waals surface area contributed by atoms with Crippen molar-refractivity contribution in [2.24, 2.45) is 0 Å². The number of likely N-dealkylation sites (tertiary alicyclic amines) is 1. The predicted molar refractivity (Wildman–Crippen MR) is 87.8 cm³/mol. The van der Waals surface area contributed by atoms with Crippen molar-refractivity contribution < 1.29 is 4.79 Å². The smallest absolute Gasteiger partial charge is 0.223 e. The number of piperidine rings is 1. The van der Waals surface area contributed by atoms with Crippen LogP contribution in [0.4, 0.5) is 0 Å². The molecule has 1 aliphatic rings. The van der Waals surface area contributed by atoms with Crippen molar-refractivity contribution in [2.75, 3.05) is 6.54 Å². The molecule has 0 spiro atoms. The molecule has 6 heteroatoms. The van der Waals surface area contributed by atoms with E-state index >= 15 is 0 Å². The van der Waals surface area contributed by atoms with Crippen molar-refractivity contribution in [2.45, 2.75) is 58.5 Å². The van der Waals surface area contributed by atoms with E-state index in [2.05, 4.69) is 28.3 Å². The summed E-state index contributed by atoms with van der Waals surface area (Å²) in [5.74, 6) is 0.242. The number of carbonyl (C=O) groups is 1. The number of amides is 1. The zero-order chi connectivity index (χ0) is 16.2. The summed E-state index contributed by atoms with van der Waals surface area (Å²) in [7, 11) is 0. The first-order valence-electron chi connectivity index (χ1n) is 8.45. The Labute approximate surface area is 136 Å². The van der Waals surface area contributed by atoms with Gasteiger partial charge in [0.25, 0.3) is 0 Å². The molecule has 0 bridgehead atoms. The van der Waals surface area contributed by atoms with Gasteiger partial charge in [0, 0.05) is 31.4 Å². The number of aromatic amines is 1. The molecular formula is C17H25N5O. The summed E-state index contributed by atoms with van der Waals surface area (Å²) in [6.07, 6.45) is 6.43. The normalized spacial score (nSPS) is 18.3. The van der Waals surface area contributed by atoms with E-state index in [9.17, 15) is 4.79 Å². The van der Waals surface area contributed by atoms with Crippen LogP contribution in [0.2, 0.25) is 0 Å². The second-order valence-corrected chi connectivity index (χ2v) is 6.36. The number of hydrogen-bond acceptors (Lipinski definition) is 3. The molecule has 1 amide bonds. The number of rotatable bonds is 5. The Morgan fingerprint density at radius 3 is 2.96 bits per heavy atom. The second-order valence-electron chi connectivity index (χ2n) is 6.36. The van der Waals surface area contributed by atoms with E-state index in [1.54, 1.807) is 6.20 Å². The van der Waals surface area contributed by atoms with Crippen LogP contribution in [0, 0.1) is 13.8 Å². The molecule has 124 valence electrons. The molecule has 2 aromatic heterocycles. The standard InChI is InChI=1S/C17H25N5O/c1-13-12-14(2)22(20-13)11-5-7-17(23)21-10-4-3-6-16(21)15-8-9-18-19-15/h8-9,12,16H,3-7,10-11H2,1-2H3,(H,18,19)/t16-/m0/s1. The SMILES string of the molecule is Cc1cc(C)n(CCCC(=O)N2CCCC[C@H]2c2ccn[nH]2)n1. The lowest BCUT2D eigenvalue weighted by Gasteiger charge is -2.35. The van der Waals surface area contributed by atoms with E-state index in [1.807, 2.05) is 22.6 Å². The van der Waals surface area contributed by atoms with Gasteiger partial charge in [-0.05, 0) is 51.7 Å². The van der Waals surface area contributed by atoms with Crippen LogP contribution in [0.3, 0.4) is 0 Å². The van der Waals surface area contributed by atoms with Gasteiger partial charge in [-0.15, -0.1) is 0 Å². The van der Waals surface area contributed by atoms with Gasteiger partial charge in [0.05, 0.1) is 17.4 Å². The minimum absolute atomic E-state index is 0.160. The third kappa shape index (κ3) is 3.63.